The van der Waals surface area contributed by atoms with Crippen molar-refractivity contribution < 1.29 is 32.6 Å². The van der Waals surface area contributed by atoms with Crippen molar-refractivity contribution in [3.63, 3.8) is 0 Å². The molecule has 0 radical (unpaired) electrons. The Morgan fingerprint density at radius 1 is 1.27 bits per heavy atom. The van der Waals surface area contributed by atoms with Gasteiger partial charge in [0, 0.05) is 16.4 Å². The lowest BCUT2D eigenvalue weighted by molar-refractivity contribution is -0.137. The number of amides is 1. The fraction of sp³-hybridized carbons (Fsp3) is 0.316. The van der Waals surface area contributed by atoms with Crippen molar-refractivity contribution in [1.29, 1.82) is 0 Å². The number of aliphatic hydroxyl groups excluding tert-OH is 1. The number of methoxy groups -OCH3 is 1. The highest BCUT2D eigenvalue weighted by Gasteiger charge is 2.35. The molecule has 0 aliphatic carbocycles. The number of hydroxylamine groups is 1. The maximum atomic E-state index is 13.3. The predicted molar refractivity (Wildman–Crippen MR) is 115 cm³/mol. The van der Waals surface area contributed by atoms with Crippen LogP contribution in [-0.4, -0.2) is 37.4 Å². The van der Waals surface area contributed by atoms with Crippen LogP contribution in [0.15, 0.2) is 30.3 Å². The molecule has 2 aromatic rings. The highest BCUT2D eigenvalue weighted by Crippen LogP contribution is 2.39. The van der Waals surface area contributed by atoms with E-state index in [0.29, 0.717) is 5.69 Å². The van der Waals surface area contributed by atoms with Crippen LogP contribution in [-0.2, 0) is 15.8 Å². The molecular formula is C19H19ClF3IN2O4. The Hall–Kier alpha value is -1.60. The molecule has 2 rings (SSSR count). The number of hydrogen-bond acceptors (Lipinski definition) is 5. The Kier molecular flexibility index (Phi) is 8.73. The van der Waals surface area contributed by atoms with Crippen molar-refractivity contribution in [2.75, 3.05) is 25.6 Å². The van der Waals surface area contributed by atoms with Gasteiger partial charge in [0.1, 0.15) is 12.7 Å². The number of aryl methyl sites for hydroxylation is 1. The molecule has 0 aliphatic rings. The molecule has 0 spiro atoms. The van der Waals surface area contributed by atoms with E-state index in [1.54, 1.807) is 19.1 Å². The predicted octanol–water partition coefficient (Wildman–Crippen LogP) is 4.68. The normalized spacial score (nSPS) is 12.5. The average molecular weight is 559 g/mol. The summed E-state index contributed by atoms with van der Waals surface area (Å²) in [5.41, 5.74) is 2.11. The summed E-state index contributed by atoms with van der Waals surface area (Å²) in [6.45, 7) is 1.29. The zero-order valence-electron chi connectivity index (χ0n) is 15.9. The van der Waals surface area contributed by atoms with Crippen molar-refractivity contribution in [3.05, 3.63) is 55.6 Å². The first-order chi connectivity index (χ1) is 14.1. The fourth-order valence-electron chi connectivity index (χ4n) is 2.44. The molecule has 0 aliphatic heterocycles. The standard InChI is InChI=1S/C19H19ClF3IN2O4/c1-10-5-11(24)3-4-16(10)25-17-7-14(19(21,22)23)15(20)6-13(17)18(28)26-30-9-12(8-27)29-2/h3-7,12,25,27H,8-9H2,1-2H3,(H,26,28). The largest absolute Gasteiger partial charge is 0.417 e. The third-order valence-electron chi connectivity index (χ3n) is 4.09. The van der Waals surface area contributed by atoms with Gasteiger partial charge in [-0.25, -0.2) is 5.48 Å². The van der Waals surface area contributed by atoms with Gasteiger partial charge in [-0.3, -0.25) is 9.63 Å². The van der Waals surface area contributed by atoms with Crippen molar-refractivity contribution in [2.24, 2.45) is 0 Å². The minimum absolute atomic E-state index is 0.0948. The van der Waals surface area contributed by atoms with Crippen LogP contribution in [0.1, 0.15) is 21.5 Å². The smallest absolute Gasteiger partial charge is 0.394 e. The number of rotatable bonds is 8. The van der Waals surface area contributed by atoms with Crippen LogP contribution in [0.25, 0.3) is 0 Å². The van der Waals surface area contributed by atoms with Crippen LogP contribution >= 0.6 is 34.2 Å². The highest BCUT2D eigenvalue weighted by molar-refractivity contribution is 14.1. The number of benzene rings is 2. The molecular weight excluding hydrogens is 540 g/mol. The van der Waals surface area contributed by atoms with Gasteiger partial charge in [-0.05, 0) is 65.4 Å². The van der Waals surface area contributed by atoms with Crippen LogP contribution in [0.3, 0.4) is 0 Å². The number of nitrogens with one attached hydrogen (secondary N) is 2. The molecule has 1 atom stereocenters. The number of aliphatic hydroxyl groups is 1. The maximum Gasteiger partial charge on any atom is 0.417 e. The lowest BCUT2D eigenvalue weighted by atomic mass is 10.1. The van der Waals surface area contributed by atoms with Gasteiger partial charge in [-0.2, -0.15) is 13.2 Å². The van der Waals surface area contributed by atoms with Gasteiger partial charge >= 0.3 is 6.18 Å². The fourth-order valence-corrected chi connectivity index (χ4v) is 3.36. The third-order valence-corrected chi connectivity index (χ3v) is 5.07. The molecule has 1 unspecified atom stereocenters. The maximum absolute atomic E-state index is 13.3. The Balaban J connectivity index is 2.37. The number of ether oxygens (including phenoxy) is 1. The summed E-state index contributed by atoms with van der Waals surface area (Å²) in [6.07, 6.45) is -5.37. The van der Waals surface area contributed by atoms with E-state index >= 15 is 0 Å². The van der Waals surface area contributed by atoms with Gasteiger partial charge in [0.15, 0.2) is 0 Å². The first kappa shape index (κ1) is 24.7. The number of halogens is 5. The first-order valence-corrected chi connectivity index (χ1v) is 10.0. The molecule has 11 heteroatoms. The summed E-state index contributed by atoms with van der Waals surface area (Å²) in [5.74, 6) is -0.816. The van der Waals surface area contributed by atoms with Crippen LogP contribution in [0.2, 0.25) is 5.02 Å². The third kappa shape index (κ3) is 6.45. The topological polar surface area (TPSA) is 79.8 Å². The molecule has 164 valence electrons. The minimum Gasteiger partial charge on any atom is -0.394 e. The van der Waals surface area contributed by atoms with Crippen molar-refractivity contribution in [3.8, 4) is 0 Å². The molecule has 1 amide bonds. The van der Waals surface area contributed by atoms with E-state index in [-0.39, 0.29) is 24.5 Å². The van der Waals surface area contributed by atoms with E-state index < -0.39 is 28.8 Å². The van der Waals surface area contributed by atoms with Crippen molar-refractivity contribution in [1.82, 2.24) is 5.48 Å². The lowest BCUT2D eigenvalue weighted by Gasteiger charge is -2.18. The molecule has 0 saturated heterocycles. The summed E-state index contributed by atoms with van der Waals surface area (Å²) >= 11 is 7.91. The van der Waals surface area contributed by atoms with Crippen LogP contribution in [0.4, 0.5) is 24.5 Å². The van der Waals surface area contributed by atoms with E-state index in [1.807, 2.05) is 6.07 Å². The lowest BCUT2D eigenvalue weighted by Crippen LogP contribution is -2.31. The van der Waals surface area contributed by atoms with Gasteiger partial charge in [-0.15, -0.1) is 0 Å². The zero-order chi connectivity index (χ0) is 22.5. The zero-order valence-corrected chi connectivity index (χ0v) is 18.9. The van der Waals surface area contributed by atoms with Crippen LogP contribution in [0.5, 0.6) is 0 Å². The molecule has 6 nitrogen and oxygen atoms in total. The SMILES string of the molecule is COC(CO)CONC(=O)c1cc(Cl)c(C(F)(F)F)cc1Nc1ccc(I)cc1C. The molecule has 0 bridgehead atoms. The van der Waals surface area contributed by atoms with Crippen LogP contribution < -0.4 is 10.8 Å². The molecule has 3 N–H and O–H groups in total. The molecule has 0 aromatic heterocycles. The second-order valence-electron chi connectivity index (χ2n) is 6.24. The highest BCUT2D eigenvalue weighted by atomic mass is 127. The van der Waals surface area contributed by atoms with Gasteiger partial charge in [0.05, 0.1) is 28.4 Å². The summed E-state index contributed by atoms with van der Waals surface area (Å²) < 4.78 is 45.8. The minimum atomic E-state index is -4.70. The number of anilines is 2. The summed E-state index contributed by atoms with van der Waals surface area (Å²) in [4.78, 5) is 17.5. The van der Waals surface area contributed by atoms with E-state index in [0.717, 1.165) is 21.3 Å². The number of carbonyl (C=O) groups is 1. The second kappa shape index (κ2) is 10.6. The van der Waals surface area contributed by atoms with Gasteiger partial charge in [0.2, 0.25) is 0 Å². The van der Waals surface area contributed by atoms with E-state index in [9.17, 15) is 18.0 Å². The summed E-state index contributed by atoms with van der Waals surface area (Å²) in [7, 11) is 1.35. The van der Waals surface area contributed by atoms with Crippen molar-refractivity contribution >= 4 is 51.5 Å². The second-order valence-corrected chi connectivity index (χ2v) is 7.89. The summed E-state index contributed by atoms with van der Waals surface area (Å²) in [6, 6.07) is 7.01. The summed E-state index contributed by atoms with van der Waals surface area (Å²) in [5, 5.41) is 11.3. The number of carbonyl (C=O) groups excluding carboxylic acids is 1. The molecule has 30 heavy (non-hydrogen) atoms. The quantitative estimate of drug-likeness (QED) is 0.324. The molecule has 0 fully saturated rings. The Morgan fingerprint density at radius 2 is 1.97 bits per heavy atom. The average Bonchev–Trinajstić information content (AvgIpc) is 2.67. The Labute approximate surface area is 189 Å². The van der Waals surface area contributed by atoms with Gasteiger partial charge < -0.3 is 15.2 Å². The number of alkyl halides is 3. The van der Waals surface area contributed by atoms with Crippen LogP contribution in [0, 0.1) is 10.5 Å². The number of hydrogen-bond donors (Lipinski definition) is 3. The van der Waals surface area contributed by atoms with Gasteiger partial charge in [0.25, 0.3) is 5.91 Å². The van der Waals surface area contributed by atoms with Gasteiger partial charge in [-0.1, -0.05) is 11.6 Å². The Morgan fingerprint density at radius 3 is 2.53 bits per heavy atom. The molecule has 2 aromatic carbocycles. The van der Waals surface area contributed by atoms with E-state index in [1.165, 1.54) is 7.11 Å². The first-order valence-electron chi connectivity index (χ1n) is 8.56. The van der Waals surface area contributed by atoms with E-state index in [4.69, 9.17) is 26.3 Å². The Bertz CT molecular complexity index is 908. The molecule has 0 heterocycles. The van der Waals surface area contributed by atoms with E-state index in [2.05, 4.69) is 33.4 Å². The van der Waals surface area contributed by atoms with Crippen molar-refractivity contribution in [2.45, 2.75) is 19.2 Å². The monoisotopic (exact) mass is 558 g/mol. The molecule has 0 saturated carbocycles.